The zero-order valence-corrected chi connectivity index (χ0v) is 16.6. The maximum Gasteiger partial charge on any atom is 0.276 e. The molecule has 0 amide bonds. The third-order valence-corrected chi connectivity index (χ3v) is 5.31. The first-order chi connectivity index (χ1) is 13.4. The zero-order valence-electron chi connectivity index (χ0n) is 15.1. The number of nitrogens with zero attached hydrogens (tertiary/aromatic N) is 1. The monoisotopic (exact) mass is 408 g/mol. The van der Waals surface area contributed by atoms with Crippen molar-refractivity contribution < 1.29 is 8.42 Å². The summed E-state index contributed by atoms with van der Waals surface area (Å²) < 4.78 is 24.6. The van der Waals surface area contributed by atoms with E-state index in [1.807, 2.05) is 37.3 Å². The first-order valence-electron chi connectivity index (χ1n) is 8.42. The SMILES string of the molecule is Cc1ccc(S(=O)(=O)N/N=C/c2cc(Cl)ccc2C#Cc2ccccc2)cc1. The third kappa shape index (κ3) is 5.23. The summed E-state index contributed by atoms with van der Waals surface area (Å²) in [6.07, 6.45) is 1.40. The summed E-state index contributed by atoms with van der Waals surface area (Å²) in [5.74, 6) is 6.13. The van der Waals surface area contributed by atoms with Crippen LogP contribution in [0.5, 0.6) is 0 Å². The Morgan fingerprint density at radius 3 is 2.39 bits per heavy atom. The predicted molar refractivity (Wildman–Crippen MR) is 113 cm³/mol. The van der Waals surface area contributed by atoms with Gasteiger partial charge in [0.05, 0.1) is 11.1 Å². The molecule has 0 unspecified atom stereocenters. The molecular weight excluding hydrogens is 392 g/mol. The maximum absolute atomic E-state index is 12.3. The van der Waals surface area contributed by atoms with E-state index in [9.17, 15) is 8.42 Å². The second-order valence-corrected chi connectivity index (χ2v) is 8.11. The second-order valence-electron chi connectivity index (χ2n) is 6.01. The molecule has 3 aromatic carbocycles. The van der Waals surface area contributed by atoms with Crippen molar-refractivity contribution in [2.45, 2.75) is 11.8 Å². The maximum atomic E-state index is 12.3. The third-order valence-electron chi connectivity index (χ3n) is 3.84. The van der Waals surface area contributed by atoms with Crippen LogP contribution in [0.4, 0.5) is 0 Å². The Morgan fingerprint density at radius 2 is 1.68 bits per heavy atom. The second kappa shape index (κ2) is 8.75. The van der Waals surface area contributed by atoms with Crippen molar-refractivity contribution in [3.8, 4) is 11.8 Å². The summed E-state index contributed by atoms with van der Waals surface area (Å²) >= 11 is 6.07. The summed E-state index contributed by atoms with van der Waals surface area (Å²) in [6.45, 7) is 1.89. The lowest BCUT2D eigenvalue weighted by Gasteiger charge is -2.04. The van der Waals surface area contributed by atoms with Crippen molar-refractivity contribution in [3.05, 3.63) is 100 Å². The van der Waals surface area contributed by atoms with E-state index >= 15 is 0 Å². The number of hydrogen-bond acceptors (Lipinski definition) is 3. The minimum absolute atomic E-state index is 0.144. The van der Waals surface area contributed by atoms with Crippen molar-refractivity contribution >= 4 is 27.8 Å². The molecule has 4 nitrogen and oxygen atoms in total. The molecular formula is C22H17ClN2O2S. The van der Waals surface area contributed by atoms with Crippen LogP contribution >= 0.6 is 11.6 Å². The number of rotatable bonds is 4. The van der Waals surface area contributed by atoms with E-state index in [1.54, 1.807) is 30.3 Å². The van der Waals surface area contributed by atoms with Gasteiger partial charge in [-0.15, -0.1) is 0 Å². The van der Waals surface area contributed by atoms with Crippen molar-refractivity contribution in [3.63, 3.8) is 0 Å². The zero-order chi connectivity index (χ0) is 20.0. The molecule has 0 aliphatic rings. The van der Waals surface area contributed by atoms with E-state index in [-0.39, 0.29) is 4.90 Å². The molecule has 0 fully saturated rings. The molecule has 0 saturated heterocycles. The molecule has 140 valence electrons. The van der Waals surface area contributed by atoms with Gasteiger partial charge in [-0.1, -0.05) is 59.3 Å². The number of aryl methyl sites for hydroxylation is 1. The quantitative estimate of drug-likeness (QED) is 0.396. The molecule has 0 saturated carbocycles. The number of nitrogens with one attached hydrogen (secondary N) is 1. The molecule has 0 aliphatic carbocycles. The normalized spacial score (nSPS) is 11.1. The van der Waals surface area contributed by atoms with Crippen LogP contribution in [0.1, 0.15) is 22.3 Å². The van der Waals surface area contributed by atoms with Crippen LogP contribution < -0.4 is 4.83 Å². The summed E-state index contributed by atoms with van der Waals surface area (Å²) in [7, 11) is -3.74. The van der Waals surface area contributed by atoms with Gasteiger partial charge in [0.15, 0.2) is 0 Å². The first-order valence-corrected chi connectivity index (χ1v) is 10.3. The predicted octanol–water partition coefficient (Wildman–Crippen LogP) is 4.36. The minimum Gasteiger partial charge on any atom is -0.200 e. The Bertz CT molecular complexity index is 1160. The standard InChI is InChI=1S/C22H17ClN2O2S/c1-17-7-13-22(14-8-17)28(26,27)25-24-16-20-15-21(23)12-11-19(20)10-9-18-5-3-2-4-6-18/h2-8,11-16,25H,1H3/b24-16+. The molecule has 6 heteroatoms. The van der Waals surface area contributed by atoms with Gasteiger partial charge < -0.3 is 0 Å². The Kier molecular flexibility index (Phi) is 6.15. The lowest BCUT2D eigenvalue weighted by Crippen LogP contribution is -2.18. The van der Waals surface area contributed by atoms with Crippen LogP contribution in [-0.4, -0.2) is 14.6 Å². The molecule has 3 aromatic rings. The molecule has 28 heavy (non-hydrogen) atoms. The Balaban J connectivity index is 1.83. The largest absolute Gasteiger partial charge is 0.276 e. The average Bonchev–Trinajstić information content (AvgIpc) is 2.68. The van der Waals surface area contributed by atoms with E-state index in [0.717, 1.165) is 11.1 Å². The van der Waals surface area contributed by atoms with Gasteiger partial charge in [-0.2, -0.15) is 13.5 Å². The molecule has 0 heterocycles. The van der Waals surface area contributed by atoms with Gasteiger partial charge in [-0.05, 0) is 49.4 Å². The van der Waals surface area contributed by atoms with Crippen LogP contribution in [0.15, 0.2) is 82.8 Å². The van der Waals surface area contributed by atoms with Gasteiger partial charge >= 0.3 is 0 Å². The van der Waals surface area contributed by atoms with E-state index in [1.165, 1.54) is 18.3 Å². The molecule has 0 aromatic heterocycles. The Morgan fingerprint density at radius 1 is 0.964 bits per heavy atom. The summed E-state index contributed by atoms with van der Waals surface area (Å²) in [5, 5.41) is 4.39. The molecule has 1 N–H and O–H groups in total. The highest BCUT2D eigenvalue weighted by Gasteiger charge is 2.11. The van der Waals surface area contributed by atoms with Crippen molar-refractivity contribution in [2.75, 3.05) is 0 Å². The minimum atomic E-state index is -3.74. The molecule has 0 atom stereocenters. The van der Waals surface area contributed by atoms with Gasteiger partial charge in [0, 0.05) is 21.7 Å². The lowest BCUT2D eigenvalue weighted by atomic mass is 10.1. The van der Waals surface area contributed by atoms with Gasteiger partial charge in [0.1, 0.15) is 0 Å². The van der Waals surface area contributed by atoms with Gasteiger partial charge in [0.25, 0.3) is 10.0 Å². The van der Waals surface area contributed by atoms with Crippen LogP contribution in [0.25, 0.3) is 0 Å². The van der Waals surface area contributed by atoms with E-state index in [4.69, 9.17) is 11.6 Å². The molecule has 3 rings (SSSR count). The number of sulfonamides is 1. The topological polar surface area (TPSA) is 58.5 Å². The van der Waals surface area contributed by atoms with Gasteiger partial charge in [-0.25, -0.2) is 4.83 Å². The van der Waals surface area contributed by atoms with Crippen molar-refractivity contribution in [2.24, 2.45) is 5.10 Å². The number of hydrazone groups is 1. The van der Waals surface area contributed by atoms with Crippen LogP contribution in [0.3, 0.4) is 0 Å². The summed E-state index contributed by atoms with van der Waals surface area (Å²) in [5.41, 5.74) is 3.15. The summed E-state index contributed by atoms with van der Waals surface area (Å²) in [4.78, 5) is 2.36. The van der Waals surface area contributed by atoms with E-state index < -0.39 is 10.0 Å². The van der Waals surface area contributed by atoms with Gasteiger partial charge in [-0.3, -0.25) is 0 Å². The highest BCUT2D eigenvalue weighted by atomic mass is 35.5. The van der Waals surface area contributed by atoms with Crippen molar-refractivity contribution in [1.82, 2.24) is 4.83 Å². The van der Waals surface area contributed by atoms with Crippen LogP contribution in [0.2, 0.25) is 5.02 Å². The molecule has 0 bridgehead atoms. The first kappa shape index (κ1) is 19.7. The molecule has 0 radical (unpaired) electrons. The highest BCUT2D eigenvalue weighted by molar-refractivity contribution is 7.89. The van der Waals surface area contributed by atoms with Crippen molar-refractivity contribution in [1.29, 1.82) is 0 Å². The van der Waals surface area contributed by atoms with Gasteiger partial charge in [0.2, 0.25) is 0 Å². The smallest absolute Gasteiger partial charge is 0.200 e. The highest BCUT2D eigenvalue weighted by Crippen LogP contribution is 2.15. The molecule has 0 aliphatic heterocycles. The number of halogens is 1. The fraction of sp³-hybridized carbons (Fsp3) is 0.0455. The fourth-order valence-corrected chi connectivity index (χ4v) is 3.32. The van der Waals surface area contributed by atoms with E-state index in [0.29, 0.717) is 16.1 Å². The summed E-state index contributed by atoms with van der Waals surface area (Å²) in [6, 6.07) is 21.3. The lowest BCUT2D eigenvalue weighted by molar-refractivity contribution is 0.584. The Labute approximate surface area is 169 Å². The fourth-order valence-electron chi connectivity index (χ4n) is 2.35. The van der Waals surface area contributed by atoms with Crippen LogP contribution in [0, 0.1) is 18.8 Å². The number of benzene rings is 3. The van der Waals surface area contributed by atoms with Crippen LogP contribution in [-0.2, 0) is 10.0 Å². The van der Waals surface area contributed by atoms with E-state index in [2.05, 4.69) is 21.8 Å². The average molecular weight is 409 g/mol. The Hall–Kier alpha value is -3.07. The molecule has 0 spiro atoms. The number of hydrogen-bond donors (Lipinski definition) is 1.